The molecule has 0 bridgehead atoms. The number of carboxylic acid groups (broad SMARTS) is 1. The van der Waals surface area contributed by atoms with Crippen molar-refractivity contribution in [2.45, 2.75) is 33.7 Å². The van der Waals surface area contributed by atoms with E-state index in [0.717, 1.165) is 19.3 Å². The van der Waals surface area contributed by atoms with Crippen LogP contribution < -0.4 is 0 Å². The molecule has 1 heterocycles. The Balaban J connectivity index is 0.000000310. The molecule has 1 N–H and O–H groups in total. The summed E-state index contributed by atoms with van der Waals surface area (Å²) in [7, 11) is 0. The number of aliphatic carboxylic acids is 1. The number of aromatic nitrogens is 2. The van der Waals surface area contributed by atoms with E-state index in [1.54, 1.807) is 0 Å². The summed E-state index contributed by atoms with van der Waals surface area (Å²) in [5.41, 5.74) is 0. The van der Waals surface area contributed by atoms with E-state index >= 15 is 0 Å². The molecule has 0 spiro atoms. The van der Waals surface area contributed by atoms with Crippen molar-refractivity contribution in [1.29, 1.82) is 0 Å². The van der Waals surface area contributed by atoms with Gasteiger partial charge in [-0.05, 0) is 13.3 Å². The molecule has 0 aliphatic carbocycles. The smallest absolute Gasteiger partial charge is 0.300 e. The van der Waals surface area contributed by atoms with Gasteiger partial charge in [-0.15, -0.1) is 0 Å². The second kappa shape index (κ2) is 6.22. The van der Waals surface area contributed by atoms with Gasteiger partial charge < -0.3 is 9.67 Å². The molecule has 0 radical (unpaired) electrons. The highest BCUT2D eigenvalue weighted by molar-refractivity contribution is 5.62. The Morgan fingerprint density at radius 3 is 2.54 bits per heavy atom. The predicted molar refractivity (Wildman–Crippen MR) is 50.6 cm³/mol. The summed E-state index contributed by atoms with van der Waals surface area (Å²) >= 11 is 0. The Kier molecular flexibility index (Phi) is 5.59. The zero-order valence-corrected chi connectivity index (χ0v) is 8.32. The summed E-state index contributed by atoms with van der Waals surface area (Å²) in [5.74, 6) is 0.275. The summed E-state index contributed by atoms with van der Waals surface area (Å²) < 4.78 is 2.15. The van der Waals surface area contributed by atoms with Gasteiger partial charge in [0.05, 0.1) is 0 Å². The number of hydrogen-bond donors (Lipinski definition) is 1. The van der Waals surface area contributed by atoms with E-state index < -0.39 is 5.97 Å². The van der Waals surface area contributed by atoms with Crippen LogP contribution in [0, 0.1) is 6.92 Å². The zero-order valence-electron chi connectivity index (χ0n) is 8.32. The van der Waals surface area contributed by atoms with Crippen molar-refractivity contribution in [2.75, 3.05) is 0 Å². The van der Waals surface area contributed by atoms with Gasteiger partial charge in [-0.2, -0.15) is 0 Å². The number of nitrogens with zero attached hydrogens (tertiary/aromatic N) is 2. The predicted octanol–water partition coefficient (Wildman–Crippen LogP) is 1.69. The Morgan fingerprint density at radius 1 is 1.69 bits per heavy atom. The van der Waals surface area contributed by atoms with Crippen LogP contribution in [-0.2, 0) is 11.3 Å². The van der Waals surface area contributed by atoms with Crippen LogP contribution in [0.5, 0.6) is 0 Å². The fraction of sp³-hybridized carbons (Fsp3) is 0.556. The lowest BCUT2D eigenvalue weighted by molar-refractivity contribution is -0.134. The molecule has 4 nitrogen and oxygen atoms in total. The molecule has 0 atom stereocenters. The van der Waals surface area contributed by atoms with Crippen molar-refractivity contribution in [2.24, 2.45) is 0 Å². The third kappa shape index (κ3) is 5.90. The molecule has 74 valence electrons. The van der Waals surface area contributed by atoms with Crippen LogP contribution in [0.25, 0.3) is 0 Å². The summed E-state index contributed by atoms with van der Waals surface area (Å²) in [4.78, 5) is 13.1. The van der Waals surface area contributed by atoms with Gasteiger partial charge in [-0.25, -0.2) is 4.98 Å². The Hall–Kier alpha value is -1.32. The summed E-state index contributed by atoms with van der Waals surface area (Å²) in [6.45, 7) is 6.36. The van der Waals surface area contributed by atoms with Gasteiger partial charge in [-0.1, -0.05) is 6.92 Å². The first-order valence-corrected chi connectivity index (χ1v) is 4.25. The monoisotopic (exact) mass is 184 g/mol. The first-order valence-electron chi connectivity index (χ1n) is 4.25. The van der Waals surface area contributed by atoms with Crippen molar-refractivity contribution in [3.63, 3.8) is 0 Å². The average Bonchev–Trinajstić information content (AvgIpc) is 2.36. The van der Waals surface area contributed by atoms with Gasteiger partial charge in [-0.3, -0.25) is 4.79 Å². The number of aryl methyl sites for hydroxylation is 2. The second-order valence-corrected chi connectivity index (χ2v) is 2.69. The van der Waals surface area contributed by atoms with Crippen LogP contribution in [0.2, 0.25) is 0 Å². The van der Waals surface area contributed by atoms with Gasteiger partial charge in [0.15, 0.2) is 0 Å². The topological polar surface area (TPSA) is 55.1 Å². The number of carboxylic acids is 1. The third-order valence-electron chi connectivity index (χ3n) is 1.39. The molecular formula is C9H16N2O2. The highest BCUT2D eigenvalue weighted by Gasteiger charge is 1.91. The minimum absolute atomic E-state index is 0.833. The second-order valence-electron chi connectivity index (χ2n) is 2.69. The van der Waals surface area contributed by atoms with E-state index in [0.29, 0.717) is 0 Å². The maximum absolute atomic E-state index is 9.00. The van der Waals surface area contributed by atoms with Crippen molar-refractivity contribution < 1.29 is 9.90 Å². The summed E-state index contributed by atoms with van der Waals surface area (Å²) in [6, 6.07) is 0. The molecule has 0 aliphatic rings. The molecule has 0 fully saturated rings. The minimum atomic E-state index is -0.833. The molecule has 0 unspecified atom stereocenters. The number of rotatable bonds is 2. The molecule has 1 aromatic rings. The normalized spacial score (nSPS) is 8.85. The van der Waals surface area contributed by atoms with E-state index in [1.807, 2.05) is 19.3 Å². The Morgan fingerprint density at radius 2 is 2.23 bits per heavy atom. The first-order chi connectivity index (χ1) is 6.07. The van der Waals surface area contributed by atoms with E-state index in [4.69, 9.17) is 9.90 Å². The van der Waals surface area contributed by atoms with Crippen molar-refractivity contribution in [1.82, 2.24) is 9.55 Å². The molecule has 0 saturated heterocycles. The fourth-order valence-electron chi connectivity index (χ4n) is 0.881. The van der Waals surface area contributed by atoms with Crippen molar-refractivity contribution in [3.05, 3.63) is 18.2 Å². The standard InChI is InChI=1S/C7H12N2.C2H4O2/c1-3-5-9-6-4-8-7(9)2;1-2(3)4/h4,6H,3,5H2,1-2H3;1H3,(H,3,4). The van der Waals surface area contributed by atoms with Gasteiger partial charge in [0.25, 0.3) is 5.97 Å². The number of carbonyl (C=O) groups is 1. The van der Waals surface area contributed by atoms with E-state index in [1.165, 1.54) is 6.42 Å². The van der Waals surface area contributed by atoms with Gasteiger partial charge in [0, 0.05) is 25.9 Å². The van der Waals surface area contributed by atoms with Gasteiger partial charge >= 0.3 is 0 Å². The SMILES string of the molecule is CC(=O)O.CCCn1ccnc1C. The molecule has 4 heteroatoms. The molecular weight excluding hydrogens is 168 g/mol. The van der Waals surface area contributed by atoms with E-state index in [-0.39, 0.29) is 0 Å². The highest BCUT2D eigenvalue weighted by atomic mass is 16.4. The van der Waals surface area contributed by atoms with Crippen LogP contribution in [0.15, 0.2) is 12.4 Å². The lowest BCUT2D eigenvalue weighted by Gasteiger charge is -1.99. The quantitative estimate of drug-likeness (QED) is 0.761. The fourth-order valence-corrected chi connectivity index (χ4v) is 0.881. The maximum atomic E-state index is 9.00. The lowest BCUT2D eigenvalue weighted by atomic mass is 10.5. The molecule has 13 heavy (non-hydrogen) atoms. The first kappa shape index (κ1) is 11.7. The van der Waals surface area contributed by atoms with E-state index in [9.17, 15) is 0 Å². The Bertz CT molecular complexity index is 252. The van der Waals surface area contributed by atoms with E-state index in [2.05, 4.69) is 16.5 Å². The molecule has 0 saturated carbocycles. The Labute approximate surface area is 78.2 Å². The highest BCUT2D eigenvalue weighted by Crippen LogP contribution is 1.95. The molecule has 0 amide bonds. The minimum Gasteiger partial charge on any atom is -0.481 e. The molecule has 0 aliphatic heterocycles. The molecule has 1 aromatic heterocycles. The molecule has 0 aromatic carbocycles. The third-order valence-corrected chi connectivity index (χ3v) is 1.39. The van der Waals surface area contributed by atoms with Crippen LogP contribution >= 0.6 is 0 Å². The summed E-state index contributed by atoms with van der Waals surface area (Å²) in [5, 5.41) is 7.42. The van der Waals surface area contributed by atoms with Gasteiger partial charge in [0.2, 0.25) is 0 Å². The zero-order chi connectivity index (χ0) is 10.3. The number of imidazole rings is 1. The average molecular weight is 184 g/mol. The summed E-state index contributed by atoms with van der Waals surface area (Å²) in [6.07, 6.45) is 5.03. The van der Waals surface area contributed by atoms with Crippen molar-refractivity contribution >= 4 is 5.97 Å². The van der Waals surface area contributed by atoms with Gasteiger partial charge in [0.1, 0.15) is 5.82 Å². The van der Waals surface area contributed by atoms with Crippen LogP contribution in [-0.4, -0.2) is 20.6 Å². The lowest BCUT2D eigenvalue weighted by Crippen LogP contribution is -1.96. The van der Waals surface area contributed by atoms with Crippen LogP contribution in [0.4, 0.5) is 0 Å². The largest absolute Gasteiger partial charge is 0.481 e. The van der Waals surface area contributed by atoms with Crippen molar-refractivity contribution in [3.8, 4) is 0 Å². The molecule has 1 rings (SSSR count). The maximum Gasteiger partial charge on any atom is 0.300 e. The number of hydrogen-bond acceptors (Lipinski definition) is 2. The van der Waals surface area contributed by atoms with Crippen LogP contribution in [0.1, 0.15) is 26.1 Å². The van der Waals surface area contributed by atoms with Crippen LogP contribution in [0.3, 0.4) is 0 Å².